The highest BCUT2D eigenvalue weighted by atomic mass is 35.5. The van der Waals surface area contributed by atoms with Gasteiger partial charge in [-0.15, -0.1) is 0 Å². The van der Waals surface area contributed by atoms with Crippen molar-refractivity contribution in [2.45, 2.75) is 56.2 Å². The van der Waals surface area contributed by atoms with Crippen molar-refractivity contribution in [3.8, 4) is 5.75 Å². The van der Waals surface area contributed by atoms with Crippen molar-refractivity contribution < 1.29 is 23.8 Å². The van der Waals surface area contributed by atoms with Crippen molar-refractivity contribution in [1.29, 1.82) is 0 Å². The first-order valence-corrected chi connectivity index (χ1v) is 10.9. The molecule has 3 fully saturated rings. The molecular formula is C23H25ClFN3O4. The van der Waals surface area contributed by atoms with Crippen LogP contribution in [0.5, 0.6) is 5.75 Å². The lowest BCUT2D eigenvalue weighted by molar-refractivity contribution is -0.129. The third kappa shape index (κ3) is 4.56. The Bertz CT molecular complexity index is 1020. The highest BCUT2D eigenvalue weighted by molar-refractivity contribution is 6.30. The summed E-state index contributed by atoms with van der Waals surface area (Å²) in [6.07, 6.45) is 3.47. The van der Waals surface area contributed by atoms with E-state index in [4.69, 9.17) is 16.3 Å². The van der Waals surface area contributed by atoms with Gasteiger partial charge < -0.3 is 20.5 Å². The number of nitrogens with one attached hydrogen (secondary N) is 2. The lowest BCUT2D eigenvalue weighted by atomic mass is 9.60. The van der Waals surface area contributed by atoms with Gasteiger partial charge in [0.05, 0.1) is 16.7 Å². The maximum Gasteiger partial charge on any atom is 0.270 e. The van der Waals surface area contributed by atoms with Gasteiger partial charge >= 0.3 is 0 Å². The van der Waals surface area contributed by atoms with Crippen molar-refractivity contribution in [3.63, 3.8) is 0 Å². The van der Waals surface area contributed by atoms with Crippen LogP contribution in [0.4, 0.5) is 4.39 Å². The van der Waals surface area contributed by atoms with Crippen molar-refractivity contribution in [1.82, 2.24) is 15.6 Å². The van der Waals surface area contributed by atoms with Crippen LogP contribution < -0.4 is 15.4 Å². The van der Waals surface area contributed by atoms with Crippen molar-refractivity contribution in [3.05, 3.63) is 58.6 Å². The molecule has 1 aromatic carbocycles. The zero-order valence-electron chi connectivity index (χ0n) is 17.7. The second kappa shape index (κ2) is 8.67. The van der Waals surface area contributed by atoms with Crippen LogP contribution >= 0.6 is 11.6 Å². The fourth-order valence-corrected chi connectivity index (χ4v) is 4.72. The standard InChI is InChI=1S/C23H25ClFN3O4/c1-14-2-5-18(26-12-14)21(31)28-23-8-6-22(7-9-23,11-19(23)29)27-20(30)13-32-15-3-4-16(24)17(25)10-15/h2-5,10,12,19,29H,6-9,11,13H2,1H3,(H,27,30)(H,28,31)/t19-,22?,23?/m1/s1. The SMILES string of the molecule is Cc1ccc(C(=O)NC23CCC(NC(=O)COc4ccc(Cl)c(F)c4)(CC2)C[C@H]3O)nc1. The van der Waals surface area contributed by atoms with Crippen LogP contribution in [0.2, 0.25) is 5.02 Å². The van der Waals surface area contributed by atoms with Crippen LogP contribution in [0.15, 0.2) is 36.5 Å². The van der Waals surface area contributed by atoms with Crippen LogP contribution in [0.25, 0.3) is 0 Å². The summed E-state index contributed by atoms with van der Waals surface area (Å²) in [5.41, 5.74) is -0.0166. The summed E-state index contributed by atoms with van der Waals surface area (Å²) in [4.78, 5) is 29.3. The molecule has 2 aromatic rings. The van der Waals surface area contributed by atoms with Gasteiger partial charge in [0.15, 0.2) is 6.61 Å². The van der Waals surface area contributed by atoms with Gasteiger partial charge in [0.2, 0.25) is 0 Å². The predicted molar refractivity (Wildman–Crippen MR) is 116 cm³/mol. The number of carbonyl (C=O) groups is 2. The normalized spacial score (nSPS) is 26.4. The van der Waals surface area contributed by atoms with Gasteiger partial charge in [-0.25, -0.2) is 4.39 Å². The van der Waals surface area contributed by atoms with E-state index in [9.17, 15) is 19.1 Å². The van der Waals surface area contributed by atoms with Gasteiger partial charge in [0.25, 0.3) is 11.8 Å². The molecule has 0 aliphatic heterocycles. The lowest BCUT2D eigenvalue weighted by Crippen LogP contribution is -2.70. The number of aromatic nitrogens is 1. The molecule has 0 radical (unpaired) electrons. The van der Waals surface area contributed by atoms with E-state index in [0.29, 0.717) is 37.8 Å². The minimum absolute atomic E-state index is 0.0205. The topological polar surface area (TPSA) is 101 Å². The number of aliphatic hydroxyl groups excluding tert-OH is 1. The van der Waals surface area contributed by atoms with Crippen LogP contribution in [0.3, 0.4) is 0 Å². The number of benzene rings is 1. The van der Waals surface area contributed by atoms with Crippen LogP contribution in [-0.4, -0.2) is 45.7 Å². The quantitative estimate of drug-likeness (QED) is 0.614. The van der Waals surface area contributed by atoms with Gasteiger partial charge in [0, 0.05) is 17.8 Å². The van der Waals surface area contributed by atoms with Gasteiger partial charge in [-0.2, -0.15) is 0 Å². The maximum atomic E-state index is 13.5. The number of pyridine rings is 1. The molecule has 0 unspecified atom stereocenters. The van der Waals surface area contributed by atoms with Crippen LogP contribution in [0, 0.1) is 12.7 Å². The van der Waals surface area contributed by atoms with Gasteiger partial charge in [0.1, 0.15) is 17.3 Å². The number of carbonyl (C=O) groups excluding carboxylic acids is 2. The molecule has 9 heteroatoms. The molecule has 1 atom stereocenters. The van der Waals surface area contributed by atoms with Crippen LogP contribution in [0.1, 0.15) is 48.2 Å². The fourth-order valence-electron chi connectivity index (χ4n) is 4.60. The van der Waals surface area contributed by atoms with E-state index in [1.54, 1.807) is 12.3 Å². The van der Waals surface area contributed by atoms with E-state index >= 15 is 0 Å². The summed E-state index contributed by atoms with van der Waals surface area (Å²) in [6, 6.07) is 7.46. The highest BCUT2D eigenvalue weighted by Crippen LogP contribution is 2.47. The molecule has 3 saturated carbocycles. The molecule has 5 rings (SSSR count). The minimum Gasteiger partial charge on any atom is -0.484 e. The van der Waals surface area contributed by atoms with E-state index < -0.39 is 23.0 Å². The van der Waals surface area contributed by atoms with Gasteiger partial charge in [-0.1, -0.05) is 17.7 Å². The Morgan fingerprint density at radius 2 is 1.97 bits per heavy atom. The number of hydrogen-bond acceptors (Lipinski definition) is 5. The van der Waals surface area contributed by atoms with Gasteiger partial charge in [-0.05, 0) is 62.8 Å². The van der Waals surface area contributed by atoms with E-state index in [1.807, 2.05) is 13.0 Å². The molecule has 2 bridgehead atoms. The van der Waals surface area contributed by atoms with Gasteiger partial charge in [-0.3, -0.25) is 14.6 Å². The summed E-state index contributed by atoms with van der Waals surface area (Å²) in [6.45, 7) is 1.62. The Balaban J connectivity index is 1.34. The van der Waals surface area contributed by atoms with Crippen molar-refractivity contribution in [2.24, 2.45) is 0 Å². The second-order valence-electron chi connectivity index (χ2n) is 8.74. The molecule has 1 heterocycles. The van der Waals surface area contributed by atoms with E-state index in [1.165, 1.54) is 12.1 Å². The molecule has 3 aliphatic rings. The Hall–Kier alpha value is -2.71. The molecule has 3 N–H and O–H groups in total. The molecule has 3 aliphatic carbocycles. The number of aryl methyl sites for hydroxylation is 1. The summed E-state index contributed by atoms with van der Waals surface area (Å²) in [5, 5.41) is 16.8. The largest absolute Gasteiger partial charge is 0.484 e. The van der Waals surface area contributed by atoms with Crippen LogP contribution in [-0.2, 0) is 4.79 Å². The number of hydrogen-bond donors (Lipinski definition) is 3. The third-order valence-electron chi connectivity index (χ3n) is 6.49. The average Bonchev–Trinajstić information content (AvgIpc) is 2.76. The second-order valence-corrected chi connectivity index (χ2v) is 9.15. The van der Waals surface area contributed by atoms with E-state index in [0.717, 1.165) is 11.6 Å². The number of nitrogens with zero attached hydrogens (tertiary/aromatic N) is 1. The molecule has 2 amide bonds. The number of rotatable bonds is 6. The number of ether oxygens (including phenoxy) is 1. The Morgan fingerprint density at radius 3 is 2.59 bits per heavy atom. The summed E-state index contributed by atoms with van der Waals surface area (Å²) >= 11 is 5.65. The summed E-state index contributed by atoms with van der Waals surface area (Å²) in [5.74, 6) is -1.08. The summed E-state index contributed by atoms with van der Waals surface area (Å²) in [7, 11) is 0. The molecule has 170 valence electrons. The molecule has 7 nitrogen and oxygen atoms in total. The Kier molecular flexibility index (Phi) is 6.09. The first kappa shape index (κ1) is 22.5. The monoisotopic (exact) mass is 461 g/mol. The average molecular weight is 462 g/mol. The molecule has 0 spiro atoms. The zero-order valence-corrected chi connectivity index (χ0v) is 18.4. The molecule has 0 saturated heterocycles. The number of aliphatic hydroxyl groups is 1. The van der Waals surface area contributed by atoms with E-state index in [-0.39, 0.29) is 29.2 Å². The molecule has 32 heavy (non-hydrogen) atoms. The first-order valence-electron chi connectivity index (χ1n) is 10.5. The Labute approximate surface area is 190 Å². The smallest absolute Gasteiger partial charge is 0.270 e. The number of fused-ring (bicyclic) bond motifs is 3. The molecular weight excluding hydrogens is 437 g/mol. The first-order chi connectivity index (χ1) is 15.2. The van der Waals surface area contributed by atoms with E-state index in [2.05, 4.69) is 15.6 Å². The molecule has 1 aromatic heterocycles. The number of halogens is 2. The maximum absolute atomic E-state index is 13.5. The predicted octanol–water partition coefficient (Wildman–Crippen LogP) is 2.92. The fraction of sp³-hybridized carbons (Fsp3) is 0.435. The minimum atomic E-state index is -0.800. The summed E-state index contributed by atoms with van der Waals surface area (Å²) < 4.78 is 18.9. The zero-order chi connectivity index (χ0) is 22.9. The lowest BCUT2D eigenvalue weighted by Gasteiger charge is -2.56. The highest BCUT2D eigenvalue weighted by Gasteiger charge is 2.55. The Morgan fingerprint density at radius 1 is 1.22 bits per heavy atom. The van der Waals surface area contributed by atoms with Crippen molar-refractivity contribution >= 4 is 23.4 Å². The third-order valence-corrected chi connectivity index (χ3v) is 6.80. The number of amides is 2. The van der Waals surface area contributed by atoms with Crippen molar-refractivity contribution in [2.75, 3.05) is 6.61 Å².